The van der Waals surface area contributed by atoms with Crippen LogP contribution < -0.4 is 0 Å². The van der Waals surface area contributed by atoms with Crippen LogP contribution >= 0.6 is 0 Å². The summed E-state index contributed by atoms with van der Waals surface area (Å²) in [6, 6.07) is 0. The highest BCUT2D eigenvalue weighted by Gasteiger charge is 2.37. The Bertz CT molecular complexity index is 681. The average Bonchev–Trinajstić information content (AvgIpc) is 3.47. The van der Waals surface area contributed by atoms with E-state index in [0.29, 0.717) is 13.0 Å². The zero-order valence-electron chi connectivity index (χ0n) is 30.4. The third kappa shape index (κ3) is 25.6. The average molecular weight is 636 g/mol. The van der Waals surface area contributed by atoms with E-state index in [4.69, 9.17) is 9.47 Å². The van der Waals surface area contributed by atoms with E-state index in [1.807, 2.05) is 0 Å². The summed E-state index contributed by atoms with van der Waals surface area (Å²) in [4.78, 5) is 17.0. The maximum atomic E-state index is 12.3. The summed E-state index contributed by atoms with van der Waals surface area (Å²) in [6.07, 6.45) is 41.2. The first kappa shape index (κ1) is 41.9. The van der Waals surface area contributed by atoms with Crippen LogP contribution in [0.3, 0.4) is 0 Å². The van der Waals surface area contributed by atoms with Crippen molar-refractivity contribution in [3.05, 3.63) is 0 Å². The molecule has 1 N–H and O–H groups in total. The molecular weight excluding hydrogens is 558 g/mol. The van der Waals surface area contributed by atoms with E-state index in [-0.39, 0.29) is 19.2 Å². The van der Waals surface area contributed by atoms with Crippen molar-refractivity contribution in [2.75, 3.05) is 19.8 Å². The van der Waals surface area contributed by atoms with Gasteiger partial charge in [0, 0.05) is 12.8 Å². The quantitative estimate of drug-likeness (QED) is 0.0555. The van der Waals surface area contributed by atoms with Gasteiger partial charge in [-0.25, -0.2) is 4.99 Å². The van der Waals surface area contributed by atoms with Gasteiger partial charge < -0.3 is 14.6 Å². The molecule has 0 spiro atoms. The van der Waals surface area contributed by atoms with Crippen molar-refractivity contribution in [3.63, 3.8) is 0 Å². The summed E-state index contributed by atoms with van der Waals surface area (Å²) in [6.45, 7) is 4.83. The number of aliphatic hydroxyl groups excluding tert-OH is 1. The number of esters is 1. The Balaban J connectivity index is 1.94. The zero-order chi connectivity index (χ0) is 32.5. The molecule has 1 rings (SSSR count). The Morgan fingerprint density at radius 2 is 0.956 bits per heavy atom. The lowest BCUT2D eigenvalue weighted by molar-refractivity contribution is -0.146. The van der Waals surface area contributed by atoms with E-state index in [0.717, 1.165) is 31.6 Å². The number of aliphatic hydroxyl groups is 1. The van der Waals surface area contributed by atoms with Gasteiger partial charge in [-0.15, -0.1) is 0 Å². The van der Waals surface area contributed by atoms with Crippen LogP contribution in [0.1, 0.15) is 219 Å². The molecule has 45 heavy (non-hydrogen) atoms. The molecule has 5 heteroatoms. The van der Waals surface area contributed by atoms with Crippen molar-refractivity contribution in [1.29, 1.82) is 0 Å². The number of nitrogens with zero attached hydrogens (tertiary/aromatic N) is 1. The number of ether oxygens (including phenoxy) is 2. The minimum absolute atomic E-state index is 0.115. The number of aliphatic imine (C=N–C) groups is 1. The van der Waals surface area contributed by atoms with Gasteiger partial charge in [0.15, 0.2) is 11.4 Å². The normalized spacial score (nSPS) is 16.2. The van der Waals surface area contributed by atoms with Crippen LogP contribution in [0.15, 0.2) is 4.99 Å². The van der Waals surface area contributed by atoms with Gasteiger partial charge >= 0.3 is 5.97 Å². The third-order valence-electron chi connectivity index (χ3n) is 9.64. The maximum absolute atomic E-state index is 12.3. The van der Waals surface area contributed by atoms with Gasteiger partial charge in [-0.2, -0.15) is 0 Å². The molecule has 0 fully saturated rings. The number of hydrogen-bond acceptors (Lipinski definition) is 5. The van der Waals surface area contributed by atoms with E-state index < -0.39 is 5.54 Å². The lowest BCUT2D eigenvalue weighted by Crippen LogP contribution is -2.39. The second kappa shape index (κ2) is 31.5. The van der Waals surface area contributed by atoms with E-state index >= 15 is 0 Å². The fourth-order valence-electron chi connectivity index (χ4n) is 6.45. The molecule has 0 saturated heterocycles. The topological polar surface area (TPSA) is 68.1 Å². The van der Waals surface area contributed by atoms with Crippen molar-refractivity contribution in [1.82, 2.24) is 0 Å². The highest BCUT2D eigenvalue weighted by Crippen LogP contribution is 2.23. The van der Waals surface area contributed by atoms with Crippen molar-refractivity contribution in [3.8, 4) is 0 Å². The van der Waals surface area contributed by atoms with Crippen LogP contribution in [-0.4, -0.2) is 42.3 Å². The summed E-state index contributed by atoms with van der Waals surface area (Å²) in [5.74, 6) is 0.542. The molecule has 0 aromatic carbocycles. The van der Waals surface area contributed by atoms with Crippen LogP contribution in [0.2, 0.25) is 0 Å². The van der Waals surface area contributed by atoms with E-state index in [9.17, 15) is 9.90 Å². The lowest BCUT2D eigenvalue weighted by atomic mass is 10.0. The molecule has 0 aliphatic carbocycles. The Kier molecular flexibility index (Phi) is 29.3. The van der Waals surface area contributed by atoms with Gasteiger partial charge in [0.2, 0.25) is 0 Å². The molecule has 0 aromatic rings. The minimum Gasteiger partial charge on any atom is -0.478 e. The van der Waals surface area contributed by atoms with Crippen molar-refractivity contribution in [2.45, 2.75) is 225 Å². The van der Waals surface area contributed by atoms with E-state index in [2.05, 4.69) is 18.8 Å². The fourth-order valence-corrected chi connectivity index (χ4v) is 6.45. The largest absolute Gasteiger partial charge is 0.478 e. The van der Waals surface area contributed by atoms with Gasteiger partial charge in [-0.05, 0) is 12.8 Å². The Labute approximate surface area is 280 Å². The fraction of sp³-hybridized carbons (Fsp3) is 0.950. The van der Waals surface area contributed by atoms with Gasteiger partial charge in [0.1, 0.15) is 13.2 Å². The predicted octanol–water partition coefficient (Wildman–Crippen LogP) is 12.2. The molecule has 0 bridgehead atoms. The monoisotopic (exact) mass is 636 g/mol. The van der Waals surface area contributed by atoms with Crippen LogP contribution in [0, 0.1) is 0 Å². The second-order valence-electron chi connectivity index (χ2n) is 14.2. The van der Waals surface area contributed by atoms with E-state index in [1.165, 1.54) is 173 Å². The number of hydrogen-bond donors (Lipinski definition) is 1. The Hall–Kier alpha value is -1.10. The highest BCUT2D eigenvalue weighted by atomic mass is 16.5. The molecule has 1 aliphatic rings. The summed E-state index contributed by atoms with van der Waals surface area (Å²) in [5, 5.41) is 9.99. The lowest BCUT2D eigenvalue weighted by Gasteiger charge is -2.20. The number of carbonyl (C=O) groups excluding carboxylic acids is 1. The minimum atomic E-state index is -0.810. The molecular formula is C40H77NO4. The van der Waals surface area contributed by atoms with Crippen molar-refractivity contribution >= 4 is 11.9 Å². The first-order chi connectivity index (χ1) is 22.2. The van der Waals surface area contributed by atoms with Crippen molar-refractivity contribution in [2.24, 2.45) is 4.99 Å². The molecule has 0 unspecified atom stereocenters. The van der Waals surface area contributed by atoms with Crippen LogP contribution in [-0.2, 0) is 14.3 Å². The number of unbranched alkanes of at least 4 members (excludes halogenated alkanes) is 28. The summed E-state index contributed by atoms with van der Waals surface area (Å²) >= 11 is 0. The van der Waals surface area contributed by atoms with Crippen LogP contribution in [0.5, 0.6) is 0 Å². The van der Waals surface area contributed by atoms with Crippen LogP contribution in [0.4, 0.5) is 0 Å². The summed E-state index contributed by atoms with van der Waals surface area (Å²) in [5.41, 5.74) is -0.810. The van der Waals surface area contributed by atoms with Gasteiger partial charge in [0.05, 0.1) is 6.61 Å². The number of carbonyl (C=O) groups is 1. The Morgan fingerprint density at radius 3 is 1.33 bits per heavy atom. The summed E-state index contributed by atoms with van der Waals surface area (Å²) in [7, 11) is 0. The molecule has 0 saturated carbocycles. The smallest absolute Gasteiger partial charge is 0.305 e. The van der Waals surface area contributed by atoms with Crippen molar-refractivity contribution < 1.29 is 19.4 Å². The maximum Gasteiger partial charge on any atom is 0.305 e. The second-order valence-corrected chi connectivity index (χ2v) is 14.2. The first-order valence-electron chi connectivity index (χ1n) is 20.1. The third-order valence-corrected chi connectivity index (χ3v) is 9.64. The van der Waals surface area contributed by atoms with Gasteiger partial charge in [0.25, 0.3) is 0 Å². The molecule has 5 nitrogen and oxygen atoms in total. The molecule has 266 valence electrons. The Morgan fingerprint density at radius 1 is 0.600 bits per heavy atom. The van der Waals surface area contributed by atoms with E-state index in [1.54, 1.807) is 0 Å². The molecule has 1 aliphatic heterocycles. The van der Waals surface area contributed by atoms with Gasteiger partial charge in [-0.1, -0.05) is 194 Å². The molecule has 0 amide bonds. The molecule has 1 heterocycles. The SMILES string of the molecule is CCCCCCCCCCCCCCCCCC(=O)OC[C@]1(CO)COC(CCCCCCCCCCCCCCCCC)=N1. The molecule has 0 aromatic heterocycles. The molecule has 0 radical (unpaired) electrons. The highest BCUT2D eigenvalue weighted by molar-refractivity contribution is 5.78. The zero-order valence-corrected chi connectivity index (χ0v) is 30.4. The summed E-state index contributed by atoms with van der Waals surface area (Å²) < 4.78 is 11.3. The molecule has 1 atom stereocenters. The standard InChI is InChI=1S/C40H77NO4/c1-3-5-7-9-11-13-15-17-19-21-23-25-27-29-31-33-38-41-40(35-42,36-44-38)37-45-39(43)34-32-30-28-26-24-22-20-18-16-14-12-10-8-6-4-2/h42H,3-37H2,1-2H3/t40-/m0/s1. The number of rotatable bonds is 35. The predicted molar refractivity (Wildman–Crippen MR) is 193 cm³/mol. The van der Waals surface area contributed by atoms with Crippen LogP contribution in [0.25, 0.3) is 0 Å². The van der Waals surface area contributed by atoms with Gasteiger partial charge in [-0.3, -0.25) is 4.79 Å². The first-order valence-corrected chi connectivity index (χ1v) is 20.1.